The number of carbonyl (C=O) groups excluding carboxylic acids is 1. The summed E-state index contributed by atoms with van der Waals surface area (Å²) >= 11 is 0. The number of hydrogen-bond acceptors (Lipinski definition) is 5. The average molecular weight is 271 g/mol. The minimum absolute atomic E-state index is 0.113. The number of hydrogen-bond donors (Lipinski definition) is 3. The van der Waals surface area contributed by atoms with Crippen LogP contribution in [-0.2, 0) is 9.53 Å². The topological polar surface area (TPSA) is 87.8 Å². The number of nitrogens with one attached hydrogen (secondary N) is 1. The largest absolute Gasteiger partial charge is 0.396 e. The van der Waals surface area contributed by atoms with E-state index in [1.807, 2.05) is 0 Å². The van der Waals surface area contributed by atoms with Crippen LogP contribution in [0.1, 0.15) is 38.5 Å². The van der Waals surface area contributed by atoms with E-state index in [-0.39, 0.29) is 18.6 Å². The zero-order valence-electron chi connectivity index (χ0n) is 11.4. The number of aliphatic hydroxyl groups is 1. The third kappa shape index (κ3) is 3.89. The van der Waals surface area contributed by atoms with Crippen LogP contribution in [0.4, 0.5) is 0 Å². The molecule has 110 valence electrons. The minimum Gasteiger partial charge on any atom is -0.396 e. The summed E-state index contributed by atoms with van der Waals surface area (Å²) < 4.78 is 5.75. The Morgan fingerprint density at radius 3 is 2.74 bits per heavy atom. The van der Waals surface area contributed by atoms with Crippen LogP contribution in [0.3, 0.4) is 0 Å². The van der Waals surface area contributed by atoms with Crippen molar-refractivity contribution in [2.45, 2.75) is 56.8 Å². The first kappa shape index (κ1) is 14.7. The van der Waals surface area contributed by atoms with E-state index in [9.17, 15) is 4.79 Å². The van der Waals surface area contributed by atoms with Crippen molar-refractivity contribution in [3.8, 4) is 0 Å². The summed E-state index contributed by atoms with van der Waals surface area (Å²) in [6, 6.07) is 0.637. The zero-order chi connectivity index (χ0) is 13.7. The van der Waals surface area contributed by atoms with E-state index in [2.05, 4.69) is 10.3 Å². The zero-order valence-corrected chi connectivity index (χ0v) is 11.4. The van der Waals surface area contributed by atoms with Crippen molar-refractivity contribution < 1.29 is 14.6 Å². The van der Waals surface area contributed by atoms with Gasteiger partial charge in [-0.05, 0) is 32.1 Å². The first-order chi connectivity index (χ1) is 9.24. The van der Waals surface area contributed by atoms with E-state index < -0.39 is 6.10 Å². The highest BCUT2D eigenvalue weighted by atomic mass is 16.5. The van der Waals surface area contributed by atoms with Crippen LogP contribution in [0.25, 0.3) is 0 Å². The Morgan fingerprint density at radius 2 is 2.16 bits per heavy atom. The summed E-state index contributed by atoms with van der Waals surface area (Å²) in [7, 11) is 0. The van der Waals surface area contributed by atoms with E-state index in [4.69, 9.17) is 15.7 Å². The van der Waals surface area contributed by atoms with Gasteiger partial charge in [0.2, 0.25) is 0 Å². The number of nitrogens with zero attached hydrogens (tertiary/aromatic N) is 1. The van der Waals surface area contributed by atoms with Gasteiger partial charge in [0.1, 0.15) is 6.10 Å². The van der Waals surface area contributed by atoms with E-state index >= 15 is 0 Å². The molecule has 4 N–H and O–H groups in total. The molecule has 1 saturated heterocycles. The predicted octanol–water partition coefficient (Wildman–Crippen LogP) is -0.239. The number of nitrogens with two attached hydrogens (primary N) is 1. The average Bonchev–Trinajstić information content (AvgIpc) is 2.81. The van der Waals surface area contributed by atoms with Crippen molar-refractivity contribution in [2.24, 2.45) is 5.84 Å². The molecule has 1 saturated carbocycles. The molecule has 6 nitrogen and oxygen atoms in total. The second-order valence-electron chi connectivity index (χ2n) is 5.49. The summed E-state index contributed by atoms with van der Waals surface area (Å²) in [5, 5.41) is 8.97. The maximum Gasteiger partial charge on any atom is 0.263 e. The standard InChI is InChI=1S/C13H25N3O3/c14-15-13(18)12-6-5-11(19-12)9-16(7-2-8-17)10-3-1-4-10/h10-12,17H,1-9,14H2,(H,15,18). The van der Waals surface area contributed by atoms with Crippen LogP contribution in [0.5, 0.6) is 0 Å². The highest BCUT2D eigenvalue weighted by molar-refractivity contribution is 5.80. The summed E-state index contributed by atoms with van der Waals surface area (Å²) in [4.78, 5) is 13.8. The van der Waals surface area contributed by atoms with Gasteiger partial charge in [-0.3, -0.25) is 15.1 Å². The van der Waals surface area contributed by atoms with Crippen LogP contribution >= 0.6 is 0 Å². The second kappa shape index (κ2) is 7.19. The molecule has 2 unspecified atom stereocenters. The molecule has 0 aromatic rings. The molecule has 1 aliphatic carbocycles. The smallest absolute Gasteiger partial charge is 0.263 e. The molecule has 0 radical (unpaired) electrons. The highest BCUT2D eigenvalue weighted by Crippen LogP contribution is 2.27. The molecule has 19 heavy (non-hydrogen) atoms. The third-order valence-corrected chi connectivity index (χ3v) is 4.17. The number of rotatable bonds is 7. The first-order valence-corrected chi connectivity index (χ1v) is 7.25. The summed E-state index contributed by atoms with van der Waals surface area (Å²) in [6.07, 6.45) is 5.94. The molecule has 1 aliphatic heterocycles. The first-order valence-electron chi connectivity index (χ1n) is 7.25. The van der Waals surface area contributed by atoms with Crippen LogP contribution in [0.15, 0.2) is 0 Å². The number of amides is 1. The lowest BCUT2D eigenvalue weighted by Crippen LogP contribution is -2.45. The van der Waals surface area contributed by atoms with E-state index in [0.717, 1.165) is 32.4 Å². The van der Waals surface area contributed by atoms with E-state index in [0.29, 0.717) is 6.04 Å². The maximum absolute atomic E-state index is 11.4. The second-order valence-corrected chi connectivity index (χ2v) is 5.49. The van der Waals surface area contributed by atoms with Gasteiger partial charge in [-0.1, -0.05) is 6.42 Å². The van der Waals surface area contributed by atoms with Gasteiger partial charge in [-0.15, -0.1) is 0 Å². The Hall–Kier alpha value is -0.690. The van der Waals surface area contributed by atoms with Gasteiger partial charge in [0, 0.05) is 25.7 Å². The Kier molecular flexibility index (Phi) is 5.57. The summed E-state index contributed by atoms with van der Waals surface area (Å²) in [6.45, 7) is 2.00. The van der Waals surface area contributed by atoms with Crippen molar-refractivity contribution in [3.05, 3.63) is 0 Å². The molecule has 2 atom stereocenters. The molecular formula is C13H25N3O3. The van der Waals surface area contributed by atoms with Crippen LogP contribution in [-0.4, -0.2) is 53.9 Å². The molecule has 2 aliphatic rings. The SMILES string of the molecule is NNC(=O)C1CCC(CN(CCCO)C2CCC2)O1. The molecule has 2 rings (SSSR count). The maximum atomic E-state index is 11.4. The molecule has 0 aromatic carbocycles. The van der Waals surface area contributed by atoms with Gasteiger partial charge < -0.3 is 9.84 Å². The Morgan fingerprint density at radius 1 is 1.37 bits per heavy atom. The number of hydrazine groups is 1. The van der Waals surface area contributed by atoms with Gasteiger partial charge in [0.25, 0.3) is 5.91 Å². The van der Waals surface area contributed by atoms with Crippen LogP contribution in [0.2, 0.25) is 0 Å². The van der Waals surface area contributed by atoms with E-state index in [1.54, 1.807) is 0 Å². The number of aliphatic hydroxyl groups excluding tert-OH is 1. The summed E-state index contributed by atoms with van der Waals surface area (Å²) in [5.74, 6) is 4.90. The van der Waals surface area contributed by atoms with Crippen LogP contribution in [0, 0.1) is 0 Å². The van der Waals surface area contributed by atoms with Crippen molar-refractivity contribution in [1.82, 2.24) is 10.3 Å². The predicted molar refractivity (Wildman–Crippen MR) is 71.1 cm³/mol. The minimum atomic E-state index is -0.393. The fourth-order valence-electron chi connectivity index (χ4n) is 2.84. The fourth-order valence-corrected chi connectivity index (χ4v) is 2.84. The van der Waals surface area contributed by atoms with Crippen molar-refractivity contribution in [1.29, 1.82) is 0 Å². The molecule has 6 heteroatoms. The third-order valence-electron chi connectivity index (χ3n) is 4.17. The highest BCUT2D eigenvalue weighted by Gasteiger charge is 2.33. The molecule has 0 bridgehead atoms. The molecule has 1 amide bonds. The lowest BCUT2D eigenvalue weighted by molar-refractivity contribution is -0.132. The van der Waals surface area contributed by atoms with Crippen LogP contribution < -0.4 is 11.3 Å². The number of carbonyl (C=O) groups is 1. The Bertz CT molecular complexity index is 297. The van der Waals surface area contributed by atoms with Gasteiger partial charge in [0.05, 0.1) is 6.10 Å². The van der Waals surface area contributed by atoms with Crippen molar-refractivity contribution >= 4 is 5.91 Å². The Balaban J connectivity index is 1.79. The van der Waals surface area contributed by atoms with Gasteiger partial charge in [-0.2, -0.15) is 0 Å². The normalized spacial score (nSPS) is 27.5. The van der Waals surface area contributed by atoms with Crippen molar-refractivity contribution in [3.63, 3.8) is 0 Å². The lowest BCUT2D eigenvalue weighted by Gasteiger charge is -2.38. The Labute approximate surface area is 114 Å². The van der Waals surface area contributed by atoms with E-state index in [1.165, 1.54) is 19.3 Å². The number of ether oxygens (including phenoxy) is 1. The molecule has 1 heterocycles. The fraction of sp³-hybridized carbons (Fsp3) is 0.923. The monoisotopic (exact) mass is 271 g/mol. The van der Waals surface area contributed by atoms with Gasteiger partial charge in [-0.25, -0.2) is 5.84 Å². The van der Waals surface area contributed by atoms with Crippen molar-refractivity contribution in [2.75, 3.05) is 19.7 Å². The summed E-state index contributed by atoms with van der Waals surface area (Å²) in [5.41, 5.74) is 2.15. The van der Waals surface area contributed by atoms with Gasteiger partial charge in [0.15, 0.2) is 0 Å². The molecule has 2 fully saturated rings. The molecule has 0 aromatic heterocycles. The lowest BCUT2D eigenvalue weighted by atomic mass is 9.91. The molecular weight excluding hydrogens is 246 g/mol. The van der Waals surface area contributed by atoms with Gasteiger partial charge >= 0.3 is 0 Å². The quantitative estimate of drug-likeness (QED) is 0.338. The molecule has 0 spiro atoms.